The van der Waals surface area contributed by atoms with Crippen LogP contribution in [0.2, 0.25) is 0 Å². The van der Waals surface area contributed by atoms with Gasteiger partial charge in [-0.1, -0.05) is 64.3 Å². The van der Waals surface area contributed by atoms with Gasteiger partial charge in [0.2, 0.25) is 5.82 Å². The number of Topliss-reactive ketones (excluding diaryl/α,β-unsaturated/α-hetero) is 1. The summed E-state index contributed by atoms with van der Waals surface area (Å²) in [5.41, 5.74) is 4.89. The van der Waals surface area contributed by atoms with Crippen LogP contribution in [0, 0.1) is 17.8 Å². The number of tetrazole rings is 1. The molecule has 1 aromatic carbocycles. The van der Waals surface area contributed by atoms with Crippen LogP contribution in [-0.2, 0) is 17.8 Å². The maximum Gasteiger partial charge on any atom is 0.328 e. The summed E-state index contributed by atoms with van der Waals surface area (Å²) in [7, 11) is 0. The van der Waals surface area contributed by atoms with Crippen molar-refractivity contribution in [3.63, 3.8) is 0 Å². The van der Waals surface area contributed by atoms with E-state index in [1.807, 2.05) is 45.7 Å². The average Bonchev–Trinajstić information content (AvgIpc) is 3.54. The molecule has 0 amide bonds. The molecule has 4 aromatic rings. The standard InChI is InChI=1S/C32H41N7O2/c1-5-6-9-26-20-39(30-27(21(2)3)10-7-8-11-28(30)22(4)40)32(41)38(26)19-25-18-33-17-16-29(25)23-12-14-24(15-13-23)31-34-36-37-35-31/h12-18,20-21,27-28,30H,5-11,19H2,1-4H3,(H,34,35,36,37). The number of H-pyrrole nitrogens is 1. The maximum atomic E-state index is 14.3. The van der Waals surface area contributed by atoms with Gasteiger partial charge < -0.3 is 0 Å². The normalized spacial score (nSPS) is 19.4. The second-order valence-corrected chi connectivity index (χ2v) is 11.7. The summed E-state index contributed by atoms with van der Waals surface area (Å²) in [6.45, 7) is 8.75. The van der Waals surface area contributed by atoms with Gasteiger partial charge in [-0.15, -0.1) is 10.2 Å². The molecule has 0 radical (unpaired) electrons. The third-order valence-electron chi connectivity index (χ3n) is 8.76. The van der Waals surface area contributed by atoms with Crippen molar-refractivity contribution in [1.82, 2.24) is 34.7 Å². The molecule has 1 N–H and O–H groups in total. The molecule has 3 heterocycles. The van der Waals surface area contributed by atoms with E-state index >= 15 is 0 Å². The zero-order chi connectivity index (χ0) is 28.9. The Hall–Kier alpha value is -3.88. The summed E-state index contributed by atoms with van der Waals surface area (Å²) in [4.78, 5) is 31.7. The van der Waals surface area contributed by atoms with Gasteiger partial charge in [0.05, 0.1) is 12.6 Å². The quantitative estimate of drug-likeness (QED) is 0.245. The molecule has 0 aliphatic heterocycles. The molecule has 3 aromatic heterocycles. The number of imidazole rings is 1. The average molecular weight is 556 g/mol. The van der Waals surface area contributed by atoms with E-state index in [0.29, 0.717) is 18.3 Å². The Balaban J connectivity index is 1.55. The first-order valence-corrected chi connectivity index (χ1v) is 15.0. The summed E-state index contributed by atoms with van der Waals surface area (Å²) in [6, 6.07) is 9.90. The molecule has 0 spiro atoms. The highest BCUT2D eigenvalue weighted by Crippen LogP contribution is 2.41. The first kappa shape index (κ1) is 28.6. The monoisotopic (exact) mass is 555 g/mol. The lowest BCUT2D eigenvalue weighted by molar-refractivity contribution is -0.123. The van der Waals surface area contributed by atoms with Crippen LogP contribution in [0.4, 0.5) is 0 Å². The minimum absolute atomic E-state index is 0.0258. The van der Waals surface area contributed by atoms with Crippen molar-refractivity contribution >= 4 is 5.78 Å². The molecule has 41 heavy (non-hydrogen) atoms. The predicted octanol–water partition coefficient (Wildman–Crippen LogP) is 5.88. The number of ketones is 1. The third-order valence-corrected chi connectivity index (χ3v) is 8.76. The Bertz CT molecular complexity index is 1500. The van der Waals surface area contributed by atoms with Gasteiger partial charge >= 0.3 is 5.69 Å². The van der Waals surface area contributed by atoms with Crippen molar-refractivity contribution in [2.24, 2.45) is 17.8 Å². The van der Waals surface area contributed by atoms with E-state index in [-0.39, 0.29) is 29.4 Å². The number of carbonyl (C=O) groups excluding carboxylic acids is 1. The van der Waals surface area contributed by atoms with Crippen LogP contribution in [0.5, 0.6) is 0 Å². The predicted molar refractivity (Wildman–Crippen MR) is 159 cm³/mol. The van der Waals surface area contributed by atoms with E-state index in [4.69, 9.17) is 0 Å². The van der Waals surface area contributed by atoms with Crippen LogP contribution in [0.25, 0.3) is 22.5 Å². The van der Waals surface area contributed by atoms with E-state index in [1.165, 1.54) is 0 Å². The van der Waals surface area contributed by atoms with Crippen molar-refractivity contribution in [3.8, 4) is 22.5 Å². The van der Waals surface area contributed by atoms with Crippen LogP contribution in [0.15, 0.2) is 53.7 Å². The van der Waals surface area contributed by atoms with Gasteiger partial charge in [0, 0.05) is 35.8 Å². The summed E-state index contributed by atoms with van der Waals surface area (Å²) < 4.78 is 3.85. The van der Waals surface area contributed by atoms with E-state index in [9.17, 15) is 9.59 Å². The fourth-order valence-corrected chi connectivity index (χ4v) is 6.53. The molecule has 0 bridgehead atoms. The Morgan fingerprint density at radius 1 is 1.10 bits per heavy atom. The zero-order valence-electron chi connectivity index (χ0n) is 24.6. The molecular weight excluding hydrogens is 514 g/mol. The summed E-state index contributed by atoms with van der Waals surface area (Å²) in [5.74, 6) is 1.27. The number of pyridine rings is 1. The molecule has 1 aliphatic carbocycles. The van der Waals surface area contributed by atoms with Crippen LogP contribution in [-0.4, -0.2) is 40.5 Å². The second kappa shape index (κ2) is 12.7. The van der Waals surface area contributed by atoms with Crippen LogP contribution >= 0.6 is 0 Å². The van der Waals surface area contributed by atoms with Crippen molar-refractivity contribution < 1.29 is 4.79 Å². The first-order chi connectivity index (χ1) is 19.9. The zero-order valence-corrected chi connectivity index (χ0v) is 24.6. The number of carbonyl (C=O) groups is 1. The Morgan fingerprint density at radius 3 is 2.54 bits per heavy atom. The number of aryl methyl sites for hydroxylation is 1. The molecule has 0 saturated heterocycles. The smallest absolute Gasteiger partial charge is 0.300 e. The summed E-state index contributed by atoms with van der Waals surface area (Å²) in [6.07, 6.45) is 12.6. The van der Waals surface area contributed by atoms with E-state index in [1.54, 1.807) is 13.1 Å². The number of aromatic amines is 1. The molecule has 3 unspecified atom stereocenters. The number of unbranched alkanes of at least 4 members (excludes halogenated alkanes) is 1. The molecule has 9 heteroatoms. The number of aromatic nitrogens is 7. The Morgan fingerprint density at radius 2 is 1.85 bits per heavy atom. The number of nitrogens with one attached hydrogen (secondary N) is 1. The number of nitrogens with zero attached hydrogens (tertiary/aromatic N) is 6. The third kappa shape index (κ3) is 6.09. The highest BCUT2D eigenvalue weighted by atomic mass is 16.2. The van der Waals surface area contributed by atoms with Crippen molar-refractivity contribution in [3.05, 3.63) is 70.7 Å². The number of benzene rings is 1. The molecule has 1 aliphatic rings. The number of hydrogen-bond donors (Lipinski definition) is 1. The summed E-state index contributed by atoms with van der Waals surface area (Å²) >= 11 is 0. The molecule has 1 fully saturated rings. The Kier molecular flexibility index (Phi) is 8.90. The molecule has 5 rings (SSSR count). The maximum absolute atomic E-state index is 14.3. The summed E-state index contributed by atoms with van der Waals surface area (Å²) in [5, 5.41) is 14.3. The number of hydrogen-bond acceptors (Lipinski definition) is 6. The first-order valence-electron chi connectivity index (χ1n) is 15.0. The lowest BCUT2D eigenvalue weighted by Gasteiger charge is -2.33. The second-order valence-electron chi connectivity index (χ2n) is 11.7. The van der Waals surface area contributed by atoms with Crippen LogP contribution in [0.3, 0.4) is 0 Å². The lowest BCUT2D eigenvalue weighted by atomic mass is 9.78. The van der Waals surface area contributed by atoms with E-state index in [0.717, 1.165) is 72.9 Å². The SMILES string of the molecule is CCCCc1cn(C2C(C(C)=O)CCCCC2C(C)C)c(=O)n1Cc1cnccc1-c1ccc(-c2nn[nH]n2)cc1. The van der Waals surface area contributed by atoms with Gasteiger partial charge in [-0.3, -0.25) is 18.9 Å². The molecule has 216 valence electrons. The van der Waals surface area contributed by atoms with E-state index in [2.05, 4.69) is 52.6 Å². The minimum Gasteiger partial charge on any atom is -0.300 e. The van der Waals surface area contributed by atoms with Crippen molar-refractivity contribution in [2.75, 3.05) is 0 Å². The van der Waals surface area contributed by atoms with Gasteiger partial charge in [0.25, 0.3) is 0 Å². The molecule has 3 atom stereocenters. The van der Waals surface area contributed by atoms with Crippen molar-refractivity contribution in [1.29, 1.82) is 0 Å². The minimum atomic E-state index is -0.135. The molecule has 1 saturated carbocycles. The van der Waals surface area contributed by atoms with Gasteiger partial charge in [-0.2, -0.15) is 5.21 Å². The topological polar surface area (TPSA) is 111 Å². The molecular formula is C32H41N7O2. The molecule has 9 nitrogen and oxygen atoms in total. The van der Waals surface area contributed by atoms with Crippen LogP contribution in [0.1, 0.15) is 83.5 Å². The fraction of sp³-hybridized carbons (Fsp3) is 0.500. The Labute approximate surface area is 241 Å². The lowest BCUT2D eigenvalue weighted by Crippen LogP contribution is -2.38. The van der Waals surface area contributed by atoms with Crippen LogP contribution < -0.4 is 5.69 Å². The van der Waals surface area contributed by atoms with E-state index < -0.39 is 0 Å². The van der Waals surface area contributed by atoms with Gasteiger partial charge in [0.15, 0.2) is 0 Å². The van der Waals surface area contributed by atoms with Gasteiger partial charge in [-0.25, -0.2) is 4.79 Å². The fourth-order valence-electron chi connectivity index (χ4n) is 6.53. The van der Waals surface area contributed by atoms with Gasteiger partial charge in [0.1, 0.15) is 5.78 Å². The number of rotatable bonds is 10. The highest BCUT2D eigenvalue weighted by molar-refractivity contribution is 5.79. The highest BCUT2D eigenvalue weighted by Gasteiger charge is 2.38. The largest absolute Gasteiger partial charge is 0.328 e. The van der Waals surface area contributed by atoms with Gasteiger partial charge in [-0.05, 0) is 72.4 Å². The van der Waals surface area contributed by atoms with Crippen molar-refractivity contribution in [2.45, 2.75) is 85.2 Å².